The van der Waals surface area contributed by atoms with Crippen LogP contribution < -0.4 is 4.74 Å². The molecule has 0 bridgehead atoms. The molecule has 2 aliphatic rings. The van der Waals surface area contributed by atoms with Gasteiger partial charge in [0.1, 0.15) is 11.9 Å². The fourth-order valence-electron chi connectivity index (χ4n) is 3.63. The van der Waals surface area contributed by atoms with Crippen molar-refractivity contribution >= 4 is 10.0 Å². The first-order valence-electron chi connectivity index (χ1n) is 7.70. The van der Waals surface area contributed by atoms with Gasteiger partial charge in [-0.1, -0.05) is 0 Å². The molecule has 2 aromatic heterocycles. The lowest BCUT2D eigenvalue weighted by Gasteiger charge is -2.21. The van der Waals surface area contributed by atoms with Crippen molar-refractivity contribution in [2.75, 3.05) is 13.1 Å². The summed E-state index contributed by atoms with van der Waals surface area (Å²) in [6.45, 7) is 1.05. The summed E-state index contributed by atoms with van der Waals surface area (Å²) in [6.07, 6.45) is 8.14. The molecule has 122 valence electrons. The van der Waals surface area contributed by atoms with Crippen molar-refractivity contribution in [1.29, 1.82) is 0 Å². The molecule has 1 saturated heterocycles. The van der Waals surface area contributed by atoms with Crippen LogP contribution in [0.25, 0.3) is 0 Å². The van der Waals surface area contributed by atoms with E-state index >= 15 is 0 Å². The van der Waals surface area contributed by atoms with Gasteiger partial charge >= 0.3 is 0 Å². The molecule has 0 amide bonds. The van der Waals surface area contributed by atoms with Crippen LogP contribution in [0.5, 0.6) is 5.75 Å². The van der Waals surface area contributed by atoms with E-state index in [4.69, 9.17) is 4.74 Å². The number of aromatic nitrogens is 3. The maximum Gasteiger partial charge on any atom is 0.260 e. The van der Waals surface area contributed by atoms with Gasteiger partial charge in [0.2, 0.25) is 0 Å². The molecule has 0 unspecified atom stereocenters. The fraction of sp³-hybridized carbons (Fsp3) is 0.467. The summed E-state index contributed by atoms with van der Waals surface area (Å²) in [5.41, 5.74) is 0. The lowest BCUT2D eigenvalue weighted by Crippen LogP contribution is -2.32. The molecule has 7 nitrogen and oxygen atoms in total. The fourth-order valence-corrected chi connectivity index (χ4v) is 5.06. The minimum absolute atomic E-state index is 0.0474. The number of sulfonamides is 1. The van der Waals surface area contributed by atoms with E-state index < -0.39 is 10.0 Å². The molecular weight excluding hydrogens is 316 g/mol. The monoisotopic (exact) mass is 334 g/mol. The molecule has 3 atom stereocenters. The van der Waals surface area contributed by atoms with Gasteiger partial charge in [-0.05, 0) is 30.9 Å². The Hall–Kier alpha value is -1.93. The summed E-state index contributed by atoms with van der Waals surface area (Å²) >= 11 is 0. The molecule has 0 radical (unpaired) electrons. The van der Waals surface area contributed by atoms with Gasteiger partial charge in [-0.15, -0.1) is 0 Å². The van der Waals surface area contributed by atoms with E-state index in [0.717, 1.165) is 18.6 Å². The Morgan fingerprint density at radius 1 is 1.22 bits per heavy atom. The van der Waals surface area contributed by atoms with E-state index in [9.17, 15) is 8.42 Å². The van der Waals surface area contributed by atoms with Crippen LogP contribution in [-0.4, -0.2) is 46.9 Å². The SMILES string of the molecule is O=S(=O)(c1cnc[nH]1)N1C[C@H]2CC[C@@H](Oc3cccnc3)[C@H]2C1. The smallest absolute Gasteiger partial charge is 0.260 e. The van der Waals surface area contributed by atoms with Crippen LogP contribution in [0, 0.1) is 11.8 Å². The highest BCUT2D eigenvalue weighted by Gasteiger charge is 2.47. The average Bonchev–Trinajstić information content (AvgIpc) is 3.26. The third kappa shape index (κ3) is 2.61. The molecule has 1 aliphatic heterocycles. The number of hydrogen-bond acceptors (Lipinski definition) is 5. The van der Waals surface area contributed by atoms with Crippen molar-refractivity contribution in [2.45, 2.75) is 24.0 Å². The van der Waals surface area contributed by atoms with Gasteiger partial charge in [0.25, 0.3) is 10.0 Å². The largest absolute Gasteiger partial charge is 0.488 e. The zero-order valence-electron chi connectivity index (χ0n) is 12.5. The third-order valence-corrected chi connectivity index (χ3v) is 6.53. The lowest BCUT2D eigenvalue weighted by atomic mass is 9.99. The number of nitrogens with zero attached hydrogens (tertiary/aromatic N) is 3. The molecule has 0 aromatic carbocycles. The van der Waals surface area contributed by atoms with Crippen molar-refractivity contribution in [3.05, 3.63) is 37.1 Å². The van der Waals surface area contributed by atoms with Crippen LogP contribution in [0.1, 0.15) is 12.8 Å². The Morgan fingerprint density at radius 2 is 2.13 bits per heavy atom. The van der Waals surface area contributed by atoms with Gasteiger partial charge in [0.15, 0.2) is 5.03 Å². The summed E-state index contributed by atoms with van der Waals surface area (Å²) in [6, 6.07) is 3.72. The van der Waals surface area contributed by atoms with Crippen molar-refractivity contribution in [3.63, 3.8) is 0 Å². The quantitative estimate of drug-likeness (QED) is 0.910. The topological polar surface area (TPSA) is 88.2 Å². The standard InChI is InChI=1S/C15H18N4O3S/c20-23(21,15-7-17-10-18-15)19-8-11-3-4-14(13(11)9-19)22-12-2-1-5-16-6-12/h1-2,5-7,10-11,13-14H,3-4,8-9H2,(H,17,18)/t11-,13+,14-/m1/s1. The van der Waals surface area contributed by atoms with Gasteiger partial charge in [0.05, 0.1) is 18.7 Å². The first-order valence-corrected chi connectivity index (χ1v) is 9.14. The number of pyridine rings is 1. The second-order valence-corrected chi connectivity index (χ2v) is 7.99. The van der Waals surface area contributed by atoms with E-state index in [1.54, 1.807) is 16.7 Å². The van der Waals surface area contributed by atoms with Gasteiger partial charge in [0, 0.05) is 25.2 Å². The zero-order chi connectivity index (χ0) is 15.9. The molecular formula is C15H18N4O3S. The minimum Gasteiger partial charge on any atom is -0.488 e. The molecule has 8 heteroatoms. The van der Waals surface area contributed by atoms with Gasteiger partial charge in [-0.25, -0.2) is 13.4 Å². The van der Waals surface area contributed by atoms with Crippen molar-refractivity contribution in [1.82, 2.24) is 19.3 Å². The Bertz CT molecular complexity index is 763. The molecule has 1 N–H and O–H groups in total. The molecule has 2 fully saturated rings. The molecule has 0 spiro atoms. The number of fused-ring (bicyclic) bond motifs is 1. The highest BCUT2D eigenvalue weighted by Crippen LogP contribution is 2.41. The van der Waals surface area contributed by atoms with Crippen molar-refractivity contribution < 1.29 is 13.2 Å². The Morgan fingerprint density at radius 3 is 2.87 bits per heavy atom. The molecule has 4 rings (SSSR count). The van der Waals surface area contributed by atoms with Crippen LogP contribution in [0.3, 0.4) is 0 Å². The maximum absolute atomic E-state index is 12.6. The van der Waals surface area contributed by atoms with E-state index in [1.807, 2.05) is 12.1 Å². The van der Waals surface area contributed by atoms with Crippen LogP contribution in [0.2, 0.25) is 0 Å². The van der Waals surface area contributed by atoms with Crippen LogP contribution in [-0.2, 0) is 10.0 Å². The van der Waals surface area contributed by atoms with E-state index in [1.165, 1.54) is 12.5 Å². The summed E-state index contributed by atoms with van der Waals surface area (Å²) < 4.78 is 32.8. The summed E-state index contributed by atoms with van der Waals surface area (Å²) in [4.78, 5) is 10.6. The molecule has 1 aliphatic carbocycles. The summed E-state index contributed by atoms with van der Waals surface area (Å²) in [5.74, 6) is 1.33. The predicted octanol–water partition coefficient (Wildman–Crippen LogP) is 1.28. The highest BCUT2D eigenvalue weighted by atomic mass is 32.2. The van der Waals surface area contributed by atoms with Crippen LogP contribution >= 0.6 is 0 Å². The maximum atomic E-state index is 12.6. The Balaban J connectivity index is 1.49. The van der Waals surface area contributed by atoms with E-state index in [2.05, 4.69) is 15.0 Å². The number of imidazole rings is 1. The normalized spacial score (nSPS) is 27.9. The van der Waals surface area contributed by atoms with Crippen LogP contribution in [0.4, 0.5) is 0 Å². The first kappa shape index (κ1) is 14.6. The zero-order valence-corrected chi connectivity index (χ0v) is 13.3. The van der Waals surface area contributed by atoms with Gasteiger partial charge in [-0.2, -0.15) is 4.31 Å². The highest BCUT2D eigenvalue weighted by molar-refractivity contribution is 7.89. The third-order valence-electron chi connectivity index (χ3n) is 4.77. The number of rotatable bonds is 4. The van der Waals surface area contributed by atoms with E-state index in [-0.39, 0.29) is 17.0 Å². The number of nitrogens with one attached hydrogen (secondary N) is 1. The second kappa shape index (κ2) is 5.61. The number of H-pyrrole nitrogens is 1. The minimum atomic E-state index is -3.49. The van der Waals surface area contributed by atoms with Crippen LogP contribution in [0.15, 0.2) is 42.1 Å². The lowest BCUT2D eigenvalue weighted by molar-refractivity contribution is 0.154. The molecule has 23 heavy (non-hydrogen) atoms. The van der Waals surface area contributed by atoms with Crippen molar-refractivity contribution in [2.24, 2.45) is 11.8 Å². The number of hydrogen-bond donors (Lipinski definition) is 1. The Labute approximate surface area is 134 Å². The van der Waals surface area contributed by atoms with Crippen molar-refractivity contribution in [3.8, 4) is 5.75 Å². The average molecular weight is 334 g/mol. The molecule has 1 saturated carbocycles. The van der Waals surface area contributed by atoms with E-state index in [0.29, 0.717) is 19.0 Å². The number of ether oxygens (including phenoxy) is 1. The molecule has 2 aromatic rings. The number of aromatic amines is 1. The Kier molecular flexibility index (Phi) is 3.57. The van der Waals surface area contributed by atoms with Gasteiger partial charge < -0.3 is 9.72 Å². The predicted molar refractivity (Wildman–Crippen MR) is 82.2 cm³/mol. The summed E-state index contributed by atoms with van der Waals surface area (Å²) in [7, 11) is -3.49. The molecule has 3 heterocycles. The van der Waals surface area contributed by atoms with Gasteiger partial charge in [-0.3, -0.25) is 4.98 Å². The summed E-state index contributed by atoms with van der Waals surface area (Å²) in [5, 5.41) is 0.155. The first-order chi connectivity index (χ1) is 11.1. The second-order valence-electron chi connectivity index (χ2n) is 6.08.